The van der Waals surface area contributed by atoms with Crippen LogP contribution in [0.15, 0.2) is 26.9 Å². The normalized spacial score (nSPS) is 11.9. The highest BCUT2D eigenvalue weighted by molar-refractivity contribution is 7.91. The van der Waals surface area contributed by atoms with Crippen LogP contribution < -0.4 is 10.5 Å². The number of sulfonamides is 1. The molecule has 6 nitrogen and oxygen atoms in total. The van der Waals surface area contributed by atoms with Crippen LogP contribution in [-0.2, 0) is 23.1 Å². The van der Waals surface area contributed by atoms with Gasteiger partial charge in [0.1, 0.15) is 9.97 Å². The second-order valence-corrected chi connectivity index (χ2v) is 6.84. The summed E-state index contributed by atoms with van der Waals surface area (Å²) >= 11 is 1.16. The maximum atomic E-state index is 11.9. The molecule has 98 valence electrons. The molecule has 0 aromatic carbocycles. The minimum absolute atomic E-state index is 0.107. The summed E-state index contributed by atoms with van der Waals surface area (Å²) in [7, 11) is -3.51. The molecule has 0 bridgehead atoms. The Labute approximate surface area is 109 Å². The van der Waals surface area contributed by atoms with Gasteiger partial charge in [-0.05, 0) is 19.1 Å². The summed E-state index contributed by atoms with van der Waals surface area (Å²) in [5.74, 6) is 0.644. The molecule has 8 heteroatoms. The molecule has 0 radical (unpaired) electrons. The van der Waals surface area contributed by atoms with Gasteiger partial charge in [-0.3, -0.25) is 0 Å². The molecule has 0 atom stereocenters. The highest BCUT2D eigenvalue weighted by Crippen LogP contribution is 2.21. The number of aromatic nitrogens is 1. The van der Waals surface area contributed by atoms with E-state index >= 15 is 0 Å². The molecule has 2 aromatic heterocycles. The van der Waals surface area contributed by atoms with Gasteiger partial charge in [-0.25, -0.2) is 13.1 Å². The maximum absolute atomic E-state index is 11.9. The van der Waals surface area contributed by atoms with E-state index in [4.69, 9.17) is 10.3 Å². The van der Waals surface area contributed by atoms with Crippen LogP contribution in [0.1, 0.15) is 16.3 Å². The quantitative estimate of drug-likeness (QED) is 0.854. The van der Waals surface area contributed by atoms with Crippen molar-refractivity contribution in [1.29, 1.82) is 0 Å². The Morgan fingerprint density at radius 2 is 2.28 bits per heavy atom. The van der Waals surface area contributed by atoms with Gasteiger partial charge in [0.05, 0.1) is 12.2 Å². The third-order valence-corrected chi connectivity index (χ3v) is 5.22. The fourth-order valence-electron chi connectivity index (χ4n) is 1.35. The SMILES string of the molecule is Cc1cc(CNS(=O)(=O)c2ccc(CN)s2)no1. The van der Waals surface area contributed by atoms with E-state index in [0.29, 0.717) is 18.0 Å². The van der Waals surface area contributed by atoms with Gasteiger partial charge in [-0.15, -0.1) is 11.3 Å². The molecule has 18 heavy (non-hydrogen) atoms. The average molecular weight is 287 g/mol. The molecule has 0 fully saturated rings. The van der Waals surface area contributed by atoms with E-state index < -0.39 is 10.0 Å². The Bertz CT molecular complexity index is 630. The van der Waals surface area contributed by atoms with Gasteiger partial charge in [-0.1, -0.05) is 5.16 Å². The summed E-state index contributed by atoms with van der Waals surface area (Å²) in [4.78, 5) is 0.827. The lowest BCUT2D eigenvalue weighted by atomic mass is 10.4. The Kier molecular flexibility index (Phi) is 3.81. The molecule has 0 amide bonds. The second kappa shape index (κ2) is 5.19. The minimum Gasteiger partial charge on any atom is -0.361 e. The Morgan fingerprint density at radius 1 is 1.50 bits per heavy atom. The molecule has 0 aliphatic rings. The van der Waals surface area contributed by atoms with Crippen molar-refractivity contribution in [2.45, 2.75) is 24.2 Å². The first-order valence-electron chi connectivity index (χ1n) is 5.22. The molecular formula is C10H13N3O3S2. The molecule has 2 heterocycles. The van der Waals surface area contributed by atoms with E-state index in [9.17, 15) is 8.42 Å². The zero-order valence-corrected chi connectivity index (χ0v) is 11.3. The monoisotopic (exact) mass is 287 g/mol. The number of nitrogens with two attached hydrogens (primary N) is 1. The van der Waals surface area contributed by atoms with Crippen molar-refractivity contribution in [3.05, 3.63) is 34.5 Å². The van der Waals surface area contributed by atoms with Crippen molar-refractivity contribution < 1.29 is 12.9 Å². The number of hydrogen-bond donors (Lipinski definition) is 2. The predicted octanol–water partition coefficient (Wildman–Crippen LogP) is 0.982. The number of aryl methyl sites for hydroxylation is 1. The molecule has 0 saturated heterocycles. The molecule has 2 rings (SSSR count). The standard InChI is InChI=1S/C10H13N3O3S2/c1-7-4-8(13-16-7)6-12-18(14,15)10-3-2-9(5-11)17-10/h2-4,12H,5-6,11H2,1H3. The van der Waals surface area contributed by atoms with Gasteiger partial charge in [0.25, 0.3) is 0 Å². The largest absolute Gasteiger partial charge is 0.361 e. The van der Waals surface area contributed by atoms with Crippen LogP contribution in [0.5, 0.6) is 0 Å². The van der Waals surface area contributed by atoms with Crippen LogP contribution >= 0.6 is 11.3 Å². The zero-order chi connectivity index (χ0) is 13.2. The van der Waals surface area contributed by atoms with Crippen LogP contribution in [0.25, 0.3) is 0 Å². The van der Waals surface area contributed by atoms with E-state index in [0.717, 1.165) is 16.2 Å². The van der Waals surface area contributed by atoms with Gasteiger partial charge in [-0.2, -0.15) is 0 Å². The summed E-state index contributed by atoms with van der Waals surface area (Å²) in [6.45, 7) is 2.19. The van der Waals surface area contributed by atoms with Gasteiger partial charge < -0.3 is 10.3 Å². The van der Waals surface area contributed by atoms with E-state index in [-0.39, 0.29) is 10.8 Å². The van der Waals surface area contributed by atoms with Crippen molar-refractivity contribution in [2.24, 2.45) is 5.73 Å². The van der Waals surface area contributed by atoms with Crippen LogP contribution in [0, 0.1) is 6.92 Å². The first-order valence-corrected chi connectivity index (χ1v) is 7.52. The van der Waals surface area contributed by atoms with Gasteiger partial charge >= 0.3 is 0 Å². The first kappa shape index (κ1) is 13.2. The Hall–Kier alpha value is -1.22. The number of rotatable bonds is 5. The number of hydrogen-bond acceptors (Lipinski definition) is 6. The van der Waals surface area contributed by atoms with Crippen molar-refractivity contribution in [3.8, 4) is 0 Å². The first-order chi connectivity index (χ1) is 8.51. The molecule has 2 aromatic rings. The van der Waals surface area contributed by atoms with E-state index in [1.165, 1.54) is 0 Å². The van der Waals surface area contributed by atoms with Gasteiger partial charge in [0.15, 0.2) is 0 Å². The maximum Gasteiger partial charge on any atom is 0.250 e. The molecule has 0 unspecified atom stereocenters. The lowest BCUT2D eigenvalue weighted by molar-refractivity contribution is 0.390. The molecule has 0 spiro atoms. The lowest BCUT2D eigenvalue weighted by Gasteiger charge is -2.01. The van der Waals surface area contributed by atoms with Crippen LogP contribution in [0.2, 0.25) is 0 Å². The smallest absolute Gasteiger partial charge is 0.250 e. The third-order valence-electron chi connectivity index (χ3n) is 2.22. The fourth-order valence-corrected chi connectivity index (χ4v) is 3.63. The highest BCUT2D eigenvalue weighted by atomic mass is 32.2. The number of thiophene rings is 1. The summed E-state index contributed by atoms with van der Waals surface area (Å²) in [6.07, 6.45) is 0. The summed E-state index contributed by atoms with van der Waals surface area (Å²) < 4.78 is 31.5. The number of nitrogens with one attached hydrogen (secondary N) is 1. The van der Waals surface area contributed by atoms with Crippen molar-refractivity contribution in [3.63, 3.8) is 0 Å². The highest BCUT2D eigenvalue weighted by Gasteiger charge is 2.16. The summed E-state index contributed by atoms with van der Waals surface area (Å²) in [5.41, 5.74) is 5.99. The fraction of sp³-hybridized carbons (Fsp3) is 0.300. The van der Waals surface area contributed by atoms with Crippen LogP contribution in [0.4, 0.5) is 0 Å². The Balaban J connectivity index is 2.07. The Morgan fingerprint density at radius 3 is 2.83 bits per heavy atom. The summed E-state index contributed by atoms with van der Waals surface area (Å²) in [5, 5.41) is 3.72. The number of nitrogens with zero attached hydrogens (tertiary/aromatic N) is 1. The van der Waals surface area contributed by atoms with Crippen LogP contribution in [0.3, 0.4) is 0 Å². The molecule has 0 saturated carbocycles. The average Bonchev–Trinajstić information content (AvgIpc) is 2.95. The van der Waals surface area contributed by atoms with E-state index in [1.807, 2.05) is 0 Å². The summed E-state index contributed by atoms with van der Waals surface area (Å²) in [6, 6.07) is 4.94. The van der Waals surface area contributed by atoms with Gasteiger partial charge in [0.2, 0.25) is 10.0 Å². The van der Waals surface area contributed by atoms with E-state index in [2.05, 4.69) is 9.88 Å². The molecule has 3 N–H and O–H groups in total. The molecule has 0 aliphatic carbocycles. The topological polar surface area (TPSA) is 98.2 Å². The minimum atomic E-state index is -3.51. The molecule has 0 aliphatic heterocycles. The predicted molar refractivity (Wildman–Crippen MR) is 67.5 cm³/mol. The van der Waals surface area contributed by atoms with Gasteiger partial charge in [0, 0.05) is 17.5 Å². The lowest BCUT2D eigenvalue weighted by Crippen LogP contribution is -2.22. The van der Waals surface area contributed by atoms with Crippen molar-refractivity contribution in [2.75, 3.05) is 0 Å². The van der Waals surface area contributed by atoms with Crippen molar-refractivity contribution >= 4 is 21.4 Å². The van der Waals surface area contributed by atoms with Crippen LogP contribution in [-0.4, -0.2) is 13.6 Å². The third kappa shape index (κ3) is 2.96. The molecular weight excluding hydrogens is 274 g/mol. The van der Waals surface area contributed by atoms with E-state index in [1.54, 1.807) is 25.1 Å². The van der Waals surface area contributed by atoms with Crippen molar-refractivity contribution in [1.82, 2.24) is 9.88 Å². The zero-order valence-electron chi connectivity index (χ0n) is 9.71. The second-order valence-electron chi connectivity index (χ2n) is 3.68.